The maximum Gasteiger partial charge on any atom is 0.424 e. The number of rotatable bonds is 12. The van der Waals surface area contributed by atoms with E-state index in [0.29, 0.717) is 16.2 Å². The molecule has 0 saturated heterocycles. The first kappa shape index (κ1) is 54.4. The lowest BCUT2D eigenvalue weighted by atomic mass is 9.68. The Kier molecular flexibility index (Phi) is 12.8. The predicted octanol–water partition coefficient (Wildman–Crippen LogP) is 11.4. The molecule has 0 bridgehead atoms. The molecule has 9 aromatic rings. The lowest BCUT2D eigenvalue weighted by molar-refractivity contribution is -0.166. The summed E-state index contributed by atoms with van der Waals surface area (Å²) in [6.45, 7) is -0.220. The normalized spacial score (nSPS) is 15.0. The number of benzene rings is 9. The van der Waals surface area contributed by atoms with Gasteiger partial charge in [-0.3, -0.25) is 47.9 Å². The highest BCUT2D eigenvalue weighted by atomic mass is 19.4. The van der Waals surface area contributed by atoms with Crippen LogP contribution in [-0.2, 0) is 16.8 Å². The largest absolute Gasteiger partial charge is 0.444 e. The number of nitrogens with zero attached hydrogens (tertiary/aromatic N) is 4. The van der Waals surface area contributed by atoms with Crippen LogP contribution in [0.1, 0.15) is 137 Å². The summed E-state index contributed by atoms with van der Waals surface area (Å²) < 4.78 is 54.2. The predicted molar refractivity (Wildman–Crippen MR) is 305 cm³/mol. The Morgan fingerprint density at radius 1 is 0.333 bits per heavy atom. The molecule has 0 fully saturated rings. The molecule has 422 valence electrons. The third-order valence-electron chi connectivity index (χ3n) is 15.7. The number of anilines is 3. The number of hydrogen-bond donors (Lipinski definition) is 0. The van der Waals surface area contributed by atoms with Gasteiger partial charge in [-0.15, -0.1) is 0 Å². The van der Waals surface area contributed by atoms with Gasteiger partial charge in [0, 0.05) is 22.3 Å². The third kappa shape index (κ3) is 8.57. The molecule has 0 aliphatic carbocycles. The summed E-state index contributed by atoms with van der Waals surface area (Å²) in [5.41, 5.74) is -4.23. The number of para-hydroxylation sites is 1. The van der Waals surface area contributed by atoms with E-state index in [1.165, 1.54) is 121 Å². The van der Waals surface area contributed by atoms with Crippen molar-refractivity contribution >= 4 is 82.0 Å². The van der Waals surface area contributed by atoms with Crippen molar-refractivity contribution in [1.29, 1.82) is 0 Å². The fourth-order valence-electron chi connectivity index (χ4n) is 11.5. The molecule has 4 heterocycles. The van der Waals surface area contributed by atoms with Gasteiger partial charge in [0.05, 0.1) is 61.6 Å². The average Bonchev–Trinajstić information content (AvgIpc) is 1.52. The molecule has 0 spiro atoms. The van der Waals surface area contributed by atoms with Gasteiger partial charge < -0.3 is 4.74 Å². The number of hydrogen-bond acceptors (Lipinski definition) is 12. The summed E-state index contributed by atoms with van der Waals surface area (Å²) in [7, 11) is 0. The minimum absolute atomic E-state index is 0.00110. The minimum Gasteiger partial charge on any atom is -0.444 e. The Balaban J connectivity index is 0.743. The zero-order chi connectivity index (χ0) is 60.8. The molecular weight excluding hydrogens is 1120 g/mol. The number of carbonyl (C=O) groups excluding carboxylic acids is 11. The van der Waals surface area contributed by atoms with Crippen molar-refractivity contribution in [2.24, 2.45) is 0 Å². The van der Waals surface area contributed by atoms with Gasteiger partial charge in [-0.2, -0.15) is 18.1 Å². The first-order chi connectivity index (χ1) is 41.9. The lowest BCUT2D eigenvalue weighted by Gasteiger charge is -2.38. The summed E-state index contributed by atoms with van der Waals surface area (Å²) in [6, 6.07) is 48.1. The summed E-state index contributed by atoms with van der Waals surface area (Å²) in [5.74, 6) is -7.95. The van der Waals surface area contributed by atoms with Crippen molar-refractivity contribution < 1.29 is 70.6 Å². The highest BCUT2D eigenvalue weighted by Gasteiger charge is 2.58. The van der Waals surface area contributed by atoms with E-state index in [2.05, 4.69) is 0 Å². The van der Waals surface area contributed by atoms with Crippen LogP contribution in [0.15, 0.2) is 212 Å². The van der Waals surface area contributed by atoms with Crippen molar-refractivity contribution in [2.75, 3.05) is 14.7 Å². The van der Waals surface area contributed by atoms with Gasteiger partial charge in [-0.1, -0.05) is 127 Å². The second-order valence-corrected chi connectivity index (χ2v) is 20.6. The number of ketones is 2. The van der Waals surface area contributed by atoms with Crippen molar-refractivity contribution in [3.63, 3.8) is 0 Å². The molecule has 0 saturated carbocycles. The van der Waals surface area contributed by atoms with Gasteiger partial charge >= 0.3 is 12.3 Å². The number of alkyl halides is 3. The monoisotopic (exact) mass is 1160 g/mol. The second-order valence-electron chi connectivity index (χ2n) is 20.6. The Morgan fingerprint density at radius 2 is 0.632 bits per heavy atom. The van der Waals surface area contributed by atoms with Crippen LogP contribution in [0, 0.1) is 0 Å². The number of carbonyl (C=O) groups is 11. The fraction of sp³-hybridized carbons (Fsp3) is 0.0441. The first-order valence-electron chi connectivity index (χ1n) is 26.7. The van der Waals surface area contributed by atoms with E-state index >= 15 is 13.2 Å². The van der Waals surface area contributed by atoms with E-state index in [0.717, 1.165) is 45.0 Å². The topological polar surface area (TPSA) is 210 Å². The van der Waals surface area contributed by atoms with E-state index in [4.69, 9.17) is 4.74 Å². The Labute approximate surface area is 489 Å². The van der Waals surface area contributed by atoms with Crippen LogP contribution in [0.5, 0.6) is 0 Å². The number of ether oxygens (including phenoxy) is 1. The van der Waals surface area contributed by atoms with Crippen molar-refractivity contribution in [2.45, 2.75) is 18.2 Å². The summed E-state index contributed by atoms with van der Waals surface area (Å²) >= 11 is 0. The molecular formula is C68H37F3N4O12. The minimum atomic E-state index is -5.10. The molecule has 19 heteroatoms. The standard InChI is InChI=1S/C68H37F3N4O12/c69-68(70,71)67(42-12-6-2-7-13-42,43-20-24-46(25-21-43)73-59(79)49-29-17-39(33-53(49)63(73)83)56(76)38-16-28-48-52(32-38)62(82)72(58(48)78)45-14-8-3-9-15-45)44-22-26-47(27-23-44)74-60(80)50-30-18-40(34-54(50)64(74)84)57(77)41-19-31-51-55(35-41)65(85)75(61(51)81)66(86)87-36-37-10-4-1-5-11-37/h1-35H,36H2. The molecule has 1 unspecified atom stereocenters. The molecule has 1 atom stereocenters. The maximum absolute atomic E-state index is 16.3. The Hall–Kier alpha value is -11.9. The van der Waals surface area contributed by atoms with E-state index < -0.39 is 76.5 Å². The van der Waals surface area contributed by atoms with Gasteiger partial charge in [0.1, 0.15) is 12.0 Å². The number of halogens is 3. The van der Waals surface area contributed by atoms with E-state index in [1.54, 1.807) is 60.7 Å². The van der Waals surface area contributed by atoms with Crippen LogP contribution in [0.25, 0.3) is 0 Å². The molecule has 13 rings (SSSR count). The number of amides is 9. The number of fused-ring (bicyclic) bond motifs is 4. The van der Waals surface area contributed by atoms with Gasteiger partial charge in [-0.05, 0) is 107 Å². The number of imide groups is 6. The average molecular weight is 1160 g/mol. The van der Waals surface area contributed by atoms with Gasteiger partial charge in [0.25, 0.3) is 47.3 Å². The Morgan fingerprint density at radius 3 is 1.01 bits per heavy atom. The van der Waals surface area contributed by atoms with Crippen LogP contribution in [-0.4, -0.2) is 76.0 Å². The molecule has 4 aliphatic rings. The van der Waals surface area contributed by atoms with Crippen LogP contribution in [0.4, 0.5) is 35.0 Å². The molecule has 9 amide bonds. The van der Waals surface area contributed by atoms with Gasteiger partial charge in [0.2, 0.25) is 0 Å². The van der Waals surface area contributed by atoms with E-state index in [-0.39, 0.29) is 101 Å². The van der Waals surface area contributed by atoms with E-state index in [1.807, 2.05) is 0 Å². The highest BCUT2D eigenvalue weighted by molar-refractivity contribution is 6.37. The molecule has 9 aromatic carbocycles. The molecule has 0 radical (unpaired) electrons. The van der Waals surface area contributed by atoms with E-state index in [9.17, 15) is 52.7 Å². The Bertz CT molecular complexity index is 4570. The van der Waals surface area contributed by atoms with Crippen LogP contribution < -0.4 is 14.7 Å². The summed E-state index contributed by atoms with van der Waals surface area (Å²) in [4.78, 5) is 153. The molecule has 0 N–H and O–H groups in total. The van der Waals surface area contributed by atoms with Crippen LogP contribution in [0.2, 0.25) is 0 Å². The van der Waals surface area contributed by atoms with Crippen LogP contribution >= 0.6 is 0 Å². The van der Waals surface area contributed by atoms with Gasteiger partial charge in [-0.25, -0.2) is 19.5 Å². The molecule has 0 aromatic heterocycles. The van der Waals surface area contributed by atoms with Crippen molar-refractivity contribution in [3.8, 4) is 0 Å². The lowest BCUT2D eigenvalue weighted by Crippen LogP contribution is -2.44. The third-order valence-corrected chi connectivity index (χ3v) is 15.7. The molecule has 4 aliphatic heterocycles. The van der Waals surface area contributed by atoms with Gasteiger partial charge in [0.15, 0.2) is 11.6 Å². The maximum atomic E-state index is 16.3. The van der Waals surface area contributed by atoms with Crippen molar-refractivity contribution in [3.05, 3.63) is 301 Å². The van der Waals surface area contributed by atoms with Crippen molar-refractivity contribution in [1.82, 2.24) is 4.90 Å². The first-order valence-corrected chi connectivity index (χ1v) is 26.7. The quantitative estimate of drug-likeness (QED) is 0.0635. The second kappa shape index (κ2) is 20.5. The fourth-order valence-corrected chi connectivity index (χ4v) is 11.5. The van der Waals surface area contributed by atoms with Crippen LogP contribution in [0.3, 0.4) is 0 Å². The summed E-state index contributed by atoms with van der Waals surface area (Å²) in [5, 5.41) is 0. The molecule has 87 heavy (non-hydrogen) atoms. The SMILES string of the molecule is O=C(c1ccc2c(c1)C(=O)N(C(=O)OCc1ccccc1)C2=O)c1ccc2c(c1)C(=O)N(c1ccc(C(c3ccccc3)(c3ccc(N4C(=O)c5ccc(C(=O)c6ccc7c(c6)C(=O)N(c6ccccc6)C7=O)cc5C4=O)cc3)C(F)(F)F)cc1)C2=O. The summed E-state index contributed by atoms with van der Waals surface area (Å²) in [6.07, 6.45) is -6.32. The zero-order valence-corrected chi connectivity index (χ0v) is 44.7. The zero-order valence-electron chi connectivity index (χ0n) is 44.7. The molecule has 16 nitrogen and oxygen atoms in total. The smallest absolute Gasteiger partial charge is 0.424 e. The highest BCUT2D eigenvalue weighted by Crippen LogP contribution is 2.52.